The first-order valence-corrected chi connectivity index (χ1v) is 11.3. The van der Waals surface area contributed by atoms with Crippen molar-refractivity contribution in [2.45, 2.75) is 26.1 Å². The lowest BCUT2D eigenvalue weighted by atomic mass is 10.1. The lowest BCUT2D eigenvalue weighted by Crippen LogP contribution is -2.25. The molecule has 3 aromatic carbocycles. The second kappa shape index (κ2) is 11.9. The van der Waals surface area contributed by atoms with E-state index in [0.29, 0.717) is 22.8 Å². The lowest BCUT2D eigenvalue weighted by molar-refractivity contribution is -0.138. The Balaban J connectivity index is 1.95. The molecule has 35 heavy (non-hydrogen) atoms. The number of alkyl halides is 3. The monoisotopic (exact) mass is 478 g/mol. The van der Waals surface area contributed by atoms with Crippen LogP contribution in [0.4, 0.5) is 18.9 Å². The minimum atomic E-state index is -4.46. The van der Waals surface area contributed by atoms with E-state index in [1.54, 1.807) is 30.3 Å². The van der Waals surface area contributed by atoms with E-state index in [1.165, 1.54) is 12.1 Å². The van der Waals surface area contributed by atoms with Gasteiger partial charge in [0.2, 0.25) is 0 Å². The summed E-state index contributed by atoms with van der Waals surface area (Å²) in [6, 6.07) is 22.3. The van der Waals surface area contributed by atoms with E-state index in [4.69, 9.17) is 5.73 Å². The molecule has 0 aliphatic rings. The molecule has 3 rings (SSSR count). The van der Waals surface area contributed by atoms with Crippen LogP contribution in [0.5, 0.6) is 0 Å². The fourth-order valence-electron chi connectivity index (χ4n) is 3.48. The summed E-state index contributed by atoms with van der Waals surface area (Å²) in [5.41, 5.74) is 8.93. The molecule has 0 saturated heterocycles. The number of nitrogens with two attached hydrogens (primary N) is 1. The van der Waals surface area contributed by atoms with Crippen LogP contribution < -0.4 is 16.4 Å². The highest BCUT2D eigenvalue weighted by molar-refractivity contribution is 6.04. The van der Waals surface area contributed by atoms with Crippen molar-refractivity contribution in [1.82, 2.24) is 10.6 Å². The fourth-order valence-corrected chi connectivity index (χ4v) is 3.48. The van der Waals surface area contributed by atoms with E-state index in [1.807, 2.05) is 36.4 Å². The van der Waals surface area contributed by atoms with Gasteiger partial charge in [0.05, 0.1) is 12.1 Å². The van der Waals surface area contributed by atoms with Crippen molar-refractivity contribution < 1.29 is 13.2 Å². The van der Waals surface area contributed by atoms with E-state index in [2.05, 4.69) is 29.1 Å². The minimum Gasteiger partial charge on any atom is -0.398 e. The maximum Gasteiger partial charge on any atom is 0.416 e. The van der Waals surface area contributed by atoms with Gasteiger partial charge in [-0.05, 0) is 41.8 Å². The van der Waals surface area contributed by atoms with Crippen LogP contribution in [0.25, 0.3) is 5.70 Å². The molecule has 3 aromatic rings. The third-order valence-electron chi connectivity index (χ3n) is 5.19. The number of anilines is 1. The van der Waals surface area contributed by atoms with Crippen molar-refractivity contribution in [3.8, 4) is 0 Å². The molecule has 4 N–H and O–H groups in total. The molecule has 0 aliphatic heterocycles. The molecule has 182 valence electrons. The molecule has 0 fully saturated rings. The number of hydrogen-bond donors (Lipinski definition) is 3. The quantitative estimate of drug-likeness (QED) is 0.145. The zero-order valence-electron chi connectivity index (χ0n) is 19.6. The number of benzene rings is 3. The number of hydrogen-bond acceptors (Lipinski definition) is 3. The van der Waals surface area contributed by atoms with E-state index < -0.39 is 11.7 Å². The molecule has 0 unspecified atom stereocenters. The largest absolute Gasteiger partial charge is 0.416 e. The number of nitrogen functional groups attached to an aromatic ring is 1. The Hall–Kier alpha value is -4.00. The molecule has 0 amide bonds. The van der Waals surface area contributed by atoms with E-state index in [0.717, 1.165) is 30.3 Å². The highest BCUT2D eigenvalue weighted by Gasteiger charge is 2.32. The number of nitrogens with one attached hydrogen (secondary N) is 2. The smallest absolute Gasteiger partial charge is 0.398 e. The van der Waals surface area contributed by atoms with Crippen LogP contribution in [0.3, 0.4) is 0 Å². The summed E-state index contributed by atoms with van der Waals surface area (Å²) in [6.45, 7) is 6.77. The van der Waals surface area contributed by atoms with Gasteiger partial charge in [-0.2, -0.15) is 13.2 Å². The molecule has 4 nitrogen and oxygen atoms in total. The number of aliphatic imine (C=N–C) groups is 1. The van der Waals surface area contributed by atoms with E-state index in [9.17, 15) is 13.2 Å². The van der Waals surface area contributed by atoms with E-state index in [-0.39, 0.29) is 12.1 Å². The van der Waals surface area contributed by atoms with Crippen LogP contribution in [0.1, 0.15) is 35.6 Å². The Kier molecular flexibility index (Phi) is 8.73. The molecular weight excluding hydrogens is 449 g/mol. The van der Waals surface area contributed by atoms with Crippen LogP contribution in [0.15, 0.2) is 102 Å². The molecule has 0 spiro atoms. The van der Waals surface area contributed by atoms with Gasteiger partial charge in [0.25, 0.3) is 0 Å². The normalized spacial score (nSPS) is 12.3. The maximum absolute atomic E-state index is 13.5. The van der Waals surface area contributed by atoms with Crippen molar-refractivity contribution in [1.29, 1.82) is 0 Å². The van der Waals surface area contributed by atoms with Gasteiger partial charge in [-0.1, -0.05) is 74.2 Å². The topological polar surface area (TPSA) is 62.4 Å². The zero-order chi connectivity index (χ0) is 25.3. The van der Waals surface area contributed by atoms with Crippen LogP contribution in [0, 0.1) is 0 Å². The van der Waals surface area contributed by atoms with Gasteiger partial charge in [0.1, 0.15) is 5.84 Å². The van der Waals surface area contributed by atoms with E-state index >= 15 is 0 Å². The van der Waals surface area contributed by atoms with Gasteiger partial charge in [-0.3, -0.25) is 4.99 Å². The number of nitrogens with zero attached hydrogens (tertiary/aromatic N) is 1. The molecule has 0 radical (unpaired) electrons. The van der Waals surface area contributed by atoms with Crippen LogP contribution in [-0.2, 0) is 12.7 Å². The van der Waals surface area contributed by atoms with Crippen LogP contribution in [-0.4, -0.2) is 12.4 Å². The number of halogens is 3. The molecule has 0 heterocycles. The Morgan fingerprint density at radius 1 is 0.971 bits per heavy atom. The lowest BCUT2D eigenvalue weighted by Gasteiger charge is -2.16. The van der Waals surface area contributed by atoms with Gasteiger partial charge < -0.3 is 16.4 Å². The zero-order valence-corrected chi connectivity index (χ0v) is 19.6. The summed E-state index contributed by atoms with van der Waals surface area (Å²) < 4.78 is 40.4. The van der Waals surface area contributed by atoms with Crippen LogP contribution in [0.2, 0.25) is 0 Å². The fraction of sp³-hybridized carbons (Fsp3) is 0.179. The molecule has 0 aliphatic carbocycles. The van der Waals surface area contributed by atoms with Gasteiger partial charge in [0, 0.05) is 29.2 Å². The summed E-state index contributed by atoms with van der Waals surface area (Å²) in [5.74, 6) is 0.337. The number of para-hydroxylation sites is 1. The van der Waals surface area contributed by atoms with Crippen molar-refractivity contribution in [3.05, 3.63) is 119 Å². The predicted octanol–water partition coefficient (Wildman–Crippen LogP) is 6.38. The molecule has 0 atom stereocenters. The number of amidine groups is 1. The average molecular weight is 479 g/mol. The van der Waals surface area contributed by atoms with Gasteiger partial charge >= 0.3 is 6.18 Å². The Bertz CT molecular complexity index is 1200. The van der Waals surface area contributed by atoms with Gasteiger partial charge in [-0.25, -0.2) is 0 Å². The molecule has 0 aromatic heterocycles. The molecule has 7 heteroatoms. The molecular formula is C28H29F3N4. The van der Waals surface area contributed by atoms with Crippen LogP contribution >= 0.6 is 0 Å². The first-order chi connectivity index (χ1) is 16.8. The molecule has 0 bridgehead atoms. The summed E-state index contributed by atoms with van der Waals surface area (Å²) >= 11 is 0. The first-order valence-electron chi connectivity index (χ1n) is 11.3. The first kappa shape index (κ1) is 25.6. The second-order valence-corrected chi connectivity index (χ2v) is 7.91. The van der Waals surface area contributed by atoms with Crippen molar-refractivity contribution >= 4 is 17.2 Å². The molecule has 0 saturated carbocycles. The Labute approximate surface area is 204 Å². The summed E-state index contributed by atoms with van der Waals surface area (Å²) in [6.07, 6.45) is -1.67. The SMILES string of the molecule is C=C(/C=C(\NCCC)c1ccccc1)NC(=NCc1ccccc1C(F)(F)F)c1ccccc1N. The third-order valence-corrected chi connectivity index (χ3v) is 5.19. The number of allylic oxidation sites excluding steroid dienone is 1. The van der Waals surface area contributed by atoms with Crippen molar-refractivity contribution in [3.63, 3.8) is 0 Å². The van der Waals surface area contributed by atoms with Gasteiger partial charge in [0.15, 0.2) is 0 Å². The predicted molar refractivity (Wildman–Crippen MR) is 138 cm³/mol. The van der Waals surface area contributed by atoms with Crippen molar-refractivity contribution in [2.75, 3.05) is 12.3 Å². The van der Waals surface area contributed by atoms with Gasteiger partial charge in [-0.15, -0.1) is 0 Å². The number of rotatable bonds is 9. The summed E-state index contributed by atoms with van der Waals surface area (Å²) in [4.78, 5) is 4.50. The highest BCUT2D eigenvalue weighted by Crippen LogP contribution is 2.32. The summed E-state index contributed by atoms with van der Waals surface area (Å²) in [5, 5.41) is 6.55. The van der Waals surface area contributed by atoms with Crippen molar-refractivity contribution in [2.24, 2.45) is 4.99 Å². The Morgan fingerprint density at radius 3 is 2.31 bits per heavy atom. The summed E-state index contributed by atoms with van der Waals surface area (Å²) in [7, 11) is 0. The second-order valence-electron chi connectivity index (χ2n) is 7.91. The standard InChI is InChI=1S/C28H29F3N4/c1-3-17-33-26(21-11-5-4-6-12-21)18-20(2)35-27(23-14-8-10-16-25(23)32)34-19-22-13-7-9-15-24(22)28(29,30)31/h4-16,18,33H,2-3,17,19,32H2,1H3,(H,34,35)/b26-18-. The maximum atomic E-state index is 13.5. The Morgan fingerprint density at radius 2 is 1.63 bits per heavy atom. The average Bonchev–Trinajstić information content (AvgIpc) is 2.85. The minimum absolute atomic E-state index is 0.0737. The highest BCUT2D eigenvalue weighted by atomic mass is 19.4. The third kappa shape index (κ3) is 7.24.